The minimum atomic E-state index is -4.81. The third kappa shape index (κ3) is 5.44. The number of allylic oxidation sites excluding steroid dienone is 4. The summed E-state index contributed by atoms with van der Waals surface area (Å²) in [4.78, 5) is 29.7. The standard InChI is InChI=1S/C40H52F3NO6/c1-4-49-34(47)44(24-26-10-12-29(13-11-26)50-40(41,42)43)25-38(48)19-16-32-36(38,3)18-15-31-35(2)17-14-28(45)22-37(35)20-21-39(31,32)30(23-37)33(46)27-8-6-5-7-9-27/h10-13,20-21,23,27-28,31-32,45,48H,4-9,14-19,22,24-25H2,1-3H3. The quantitative estimate of drug-likeness (QED) is 0.265. The molecule has 7 nitrogen and oxygen atoms in total. The lowest BCUT2D eigenvalue weighted by Crippen LogP contribution is -2.67. The molecule has 2 spiro atoms. The summed E-state index contributed by atoms with van der Waals surface area (Å²) in [7, 11) is 0. The number of hydrogen-bond donors (Lipinski definition) is 2. The molecule has 2 N–H and O–H groups in total. The molecule has 10 heteroatoms. The van der Waals surface area contributed by atoms with Crippen LogP contribution in [0.1, 0.15) is 103 Å². The highest BCUT2D eigenvalue weighted by atomic mass is 19.4. The Bertz CT molecular complexity index is 1550. The van der Waals surface area contributed by atoms with Gasteiger partial charge in [-0.25, -0.2) is 4.79 Å². The van der Waals surface area contributed by atoms with Gasteiger partial charge < -0.3 is 24.6 Å². The maximum atomic E-state index is 14.8. The molecule has 7 aliphatic carbocycles. The van der Waals surface area contributed by atoms with E-state index in [1.54, 1.807) is 6.92 Å². The predicted octanol–water partition coefficient (Wildman–Crippen LogP) is 8.28. The first-order chi connectivity index (χ1) is 23.6. The number of ketones is 1. The van der Waals surface area contributed by atoms with Gasteiger partial charge in [-0.15, -0.1) is 13.2 Å². The van der Waals surface area contributed by atoms with E-state index >= 15 is 0 Å². The summed E-state index contributed by atoms with van der Waals surface area (Å²) < 4.78 is 47.8. The number of alkyl halides is 3. The highest BCUT2D eigenvalue weighted by Crippen LogP contribution is 2.78. The molecule has 0 aliphatic heterocycles. The number of benzene rings is 1. The zero-order valence-electron chi connectivity index (χ0n) is 29.6. The van der Waals surface area contributed by atoms with E-state index in [9.17, 15) is 33.0 Å². The molecular weight excluding hydrogens is 647 g/mol. The van der Waals surface area contributed by atoms with Crippen molar-refractivity contribution in [3.05, 3.63) is 53.6 Å². The summed E-state index contributed by atoms with van der Waals surface area (Å²) >= 11 is 0. The number of fused-ring (bicyclic) bond motifs is 1. The van der Waals surface area contributed by atoms with Crippen LogP contribution in [0, 0.1) is 39.4 Å². The van der Waals surface area contributed by atoms with Crippen molar-refractivity contribution in [3.8, 4) is 5.75 Å². The highest BCUT2D eigenvalue weighted by Gasteiger charge is 2.74. The van der Waals surface area contributed by atoms with Crippen LogP contribution in [0.2, 0.25) is 0 Å². The van der Waals surface area contributed by atoms with E-state index in [1.165, 1.54) is 29.2 Å². The number of aliphatic hydroxyl groups is 2. The van der Waals surface area contributed by atoms with E-state index in [0.717, 1.165) is 63.4 Å². The van der Waals surface area contributed by atoms with Crippen molar-refractivity contribution in [3.63, 3.8) is 0 Å². The zero-order chi connectivity index (χ0) is 35.7. The minimum Gasteiger partial charge on any atom is -0.450 e. The maximum Gasteiger partial charge on any atom is 0.573 e. The van der Waals surface area contributed by atoms with Gasteiger partial charge in [-0.2, -0.15) is 0 Å². The predicted molar refractivity (Wildman–Crippen MR) is 181 cm³/mol. The smallest absolute Gasteiger partial charge is 0.450 e. The molecule has 0 heterocycles. The van der Waals surface area contributed by atoms with Crippen LogP contribution in [0.15, 0.2) is 48.1 Å². The van der Waals surface area contributed by atoms with E-state index in [-0.39, 0.29) is 59.8 Å². The van der Waals surface area contributed by atoms with Crippen LogP contribution in [0.3, 0.4) is 0 Å². The lowest BCUT2D eigenvalue weighted by molar-refractivity contribution is -0.274. The SMILES string of the molecule is CCOC(=O)N(Cc1ccc(OC(F)(F)F)cc1)CC1(O)CCC2C34C=CC5(C=C3C(=O)C3CCCCC3)CC(O)CCC5(C)C4CCC21C. The molecule has 1 aromatic rings. The normalized spacial score (nSPS) is 39.2. The fraction of sp³-hybridized carbons (Fsp3) is 0.700. The Morgan fingerprint density at radius 3 is 2.26 bits per heavy atom. The van der Waals surface area contributed by atoms with Gasteiger partial charge in [0, 0.05) is 34.3 Å². The van der Waals surface area contributed by atoms with Crippen molar-refractivity contribution < 1.29 is 42.4 Å². The van der Waals surface area contributed by atoms with Crippen LogP contribution in [0.4, 0.5) is 18.0 Å². The maximum absolute atomic E-state index is 14.8. The summed E-state index contributed by atoms with van der Waals surface area (Å²) in [5.74, 6) is 0.0493. The molecule has 1 aromatic carbocycles. The van der Waals surface area contributed by atoms with Crippen molar-refractivity contribution in [2.75, 3.05) is 13.2 Å². The molecule has 8 atom stereocenters. The summed E-state index contributed by atoms with van der Waals surface area (Å²) in [5.41, 5.74) is -1.50. The van der Waals surface area contributed by atoms with Crippen molar-refractivity contribution in [2.45, 2.75) is 122 Å². The molecule has 0 radical (unpaired) electrons. The third-order valence-corrected chi connectivity index (χ3v) is 14.5. The number of rotatable bonds is 8. The van der Waals surface area contributed by atoms with Crippen molar-refractivity contribution in [1.29, 1.82) is 0 Å². The first kappa shape index (κ1) is 35.5. The minimum absolute atomic E-state index is 0.00496. The molecule has 50 heavy (non-hydrogen) atoms. The average Bonchev–Trinajstić information content (AvgIpc) is 3.34. The molecule has 4 fully saturated rings. The van der Waals surface area contributed by atoms with E-state index in [1.807, 2.05) is 0 Å². The lowest BCUT2D eigenvalue weighted by atomic mass is 9.32. The molecule has 0 saturated heterocycles. The van der Waals surface area contributed by atoms with Gasteiger partial charge in [-0.3, -0.25) is 4.79 Å². The molecule has 274 valence electrons. The Morgan fingerprint density at radius 1 is 0.920 bits per heavy atom. The number of ether oxygens (including phenoxy) is 2. The van der Waals surface area contributed by atoms with Gasteiger partial charge in [0.1, 0.15) is 5.75 Å². The Kier molecular flexibility index (Phi) is 8.81. The third-order valence-electron chi connectivity index (χ3n) is 14.5. The van der Waals surface area contributed by atoms with Gasteiger partial charge in [-0.1, -0.05) is 63.5 Å². The number of nitrogens with zero attached hydrogens (tertiary/aromatic N) is 1. The first-order valence-electron chi connectivity index (χ1n) is 18.7. The van der Waals surface area contributed by atoms with Crippen LogP contribution in [-0.4, -0.2) is 58.2 Å². The first-order valence-corrected chi connectivity index (χ1v) is 18.7. The van der Waals surface area contributed by atoms with E-state index < -0.39 is 35.0 Å². The lowest BCUT2D eigenvalue weighted by Gasteiger charge is -2.71. The van der Waals surface area contributed by atoms with Crippen LogP contribution < -0.4 is 4.74 Å². The molecule has 8 rings (SSSR count). The van der Waals surface area contributed by atoms with Crippen LogP contribution >= 0.6 is 0 Å². The van der Waals surface area contributed by atoms with Gasteiger partial charge in [0.25, 0.3) is 0 Å². The summed E-state index contributed by atoms with van der Waals surface area (Å²) in [6, 6.07) is 5.40. The number of carbonyl (C=O) groups is 2. The number of halogens is 3. The van der Waals surface area contributed by atoms with Gasteiger partial charge in [0.15, 0.2) is 5.78 Å². The monoisotopic (exact) mass is 699 g/mol. The number of hydrogen-bond acceptors (Lipinski definition) is 6. The average molecular weight is 700 g/mol. The number of Topliss-reactive ketones (excluding diaryl/α,β-unsaturated/α-hetero) is 1. The second kappa shape index (κ2) is 12.4. The fourth-order valence-corrected chi connectivity index (χ4v) is 11.9. The highest BCUT2D eigenvalue weighted by molar-refractivity contribution is 6.00. The Balaban J connectivity index is 1.23. The van der Waals surface area contributed by atoms with Gasteiger partial charge in [-0.05, 0) is 99.7 Å². The molecule has 0 aromatic heterocycles. The van der Waals surface area contributed by atoms with Crippen molar-refractivity contribution in [1.82, 2.24) is 4.90 Å². The summed E-state index contributed by atoms with van der Waals surface area (Å²) in [5, 5.41) is 23.8. The van der Waals surface area contributed by atoms with Crippen molar-refractivity contribution >= 4 is 11.9 Å². The zero-order valence-corrected chi connectivity index (χ0v) is 29.6. The Morgan fingerprint density at radius 2 is 1.58 bits per heavy atom. The number of aliphatic hydroxyl groups excluding tert-OH is 1. The molecule has 2 bridgehead atoms. The molecule has 7 aliphatic rings. The van der Waals surface area contributed by atoms with Crippen LogP contribution in [0.5, 0.6) is 5.75 Å². The van der Waals surface area contributed by atoms with Crippen LogP contribution in [-0.2, 0) is 16.1 Å². The Labute approximate surface area is 293 Å². The molecular formula is C40H52F3NO6. The van der Waals surface area contributed by atoms with Gasteiger partial charge >= 0.3 is 12.5 Å². The number of carbonyl (C=O) groups excluding carboxylic acids is 2. The van der Waals surface area contributed by atoms with Gasteiger partial charge in [0.05, 0.1) is 24.9 Å². The second-order valence-corrected chi connectivity index (χ2v) is 16.8. The topological polar surface area (TPSA) is 96.3 Å². The molecule has 8 unspecified atom stereocenters. The number of amides is 1. The summed E-state index contributed by atoms with van der Waals surface area (Å²) in [6.45, 7) is 6.39. The van der Waals surface area contributed by atoms with E-state index in [2.05, 4.69) is 36.8 Å². The van der Waals surface area contributed by atoms with Gasteiger partial charge in [0.2, 0.25) is 0 Å². The molecule has 1 amide bonds. The second-order valence-electron chi connectivity index (χ2n) is 16.8. The fourth-order valence-electron chi connectivity index (χ4n) is 11.9. The summed E-state index contributed by atoms with van der Waals surface area (Å²) in [6.07, 6.45) is 11.1. The van der Waals surface area contributed by atoms with Crippen molar-refractivity contribution in [2.24, 2.45) is 39.4 Å². The largest absolute Gasteiger partial charge is 0.573 e. The van der Waals surface area contributed by atoms with E-state index in [4.69, 9.17) is 4.74 Å². The molecule has 4 saturated carbocycles. The Hall–Kier alpha value is -2.85. The van der Waals surface area contributed by atoms with Crippen LogP contribution in [0.25, 0.3) is 0 Å². The van der Waals surface area contributed by atoms with E-state index in [0.29, 0.717) is 24.8 Å².